The smallest absolute Gasteiger partial charge is 0.335 e. The van der Waals surface area contributed by atoms with Gasteiger partial charge in [0.1, 0.15) is 61.0 Å². The van der Waals surface area contributed by atoms with Gasteiger partial charge in [-0.1, -0.05) is 0 Å². The maximum absolute atomic E-state index is 11.8. The number of carboxylic acids is 2. The molecule has 0 aromatic rings. The van der Waals surface area contributed by atoms with Crippen LogP contribution in [0.25, 0.3) is 0 Å². The van der Waals surface area contributed by atoms with Crippen LogP contribution in [-0.4, -0.2) is 167 Å². The summed E-state index contributed by atoms with van der Waals surface area (Å²) in [6.45, 7) is -0.860. The average molecular weight is 532 g/mol. The summed E-state index contributed by atoms with van der Waals surface area (Å²) in [5.41, 5.74) is 0. The van der Waals surface area contributed by atoms with Gasteiger partial charge < -0.3 is 79.9 Å². The number of rotatable bonds is 7. The van der Waals surface area contributed by atoms with E-state index in [1.165, 1.54) is 0 Å². The Morgan fingerprint density at radius 1 is 0.583 bits per heavy atom. The second-order valence-electron chi connectivity index (χ2n) is 8.41. The Balaban J connectivity index is 1.78. The number of aliphatic hydroxyl groups is 9. The highest BCUT2D eigenvalue weighted by Crippen LogP contribution is 2.32. The van der Waals surface area contributed by atoms with E-state index >= 15 is 0 Å². The maximum atomic E-state index is 11.8. The number of carbonyl (C=O) groups is 2. The third kappa shape index (κ3) is 5.47. The first-order valence-corrected chi connectivity index (χ1v) is 10.6. The zero-order valence-electron chi connectivity index (χ0n) is 18.1. The van der Waals surface area contributed by atoms with Crippen LogP contribution >= 0.6 is 0 Å². The van der Waals surface area contributed by atoms with E-state index in [2.05, 4.69) is 0 Å². The van der Waals surface area contributed by atoms with Gasteiger partial charge in [-0.2, -0.15) is 0 Å². The highest BCUT2D eigenvalue weighted by molar-refractivity contribution is 5.74. The molecule has 0 radical (unpaired) electrons. The Labute approximate surface area is 201 Å². The lowest BCUT2D eigenvalue weighted by Gasteiger charge is -2.47. The van der Waals surface area contributed by atoms with E-state index in [-0.39, 0.29) is 0 Å². The number of aliphatic carboxylic acids is 2. The van der Waals surface area contributed by atoms with Crippen LogP contribution in [0.15, 0.2) is 0 Å². The molecule has 3 aliphatic rings. The first-order chi connectivity index (χ1) is 16.8. The Kier molecular flexibility index (Phi) is 9.17. The second-order valence-corrected chi connectivity index (χ2v) is 8.41. The average Bonchev–Trinajstić information content (AvgIpc) is 2.82. The van der Waals surface area contributed by atoms with E-state index in [1.54, 1.807) is 0 Å². The van der Waals surface area contributed by atoms with Crippen LogP contribution in [0.4, 0.5) is 0 Å². The van der Waals surface area contributed by atoms with E-state index in [4.69, 9.17) is 28.8 Å². The summed E-state index contributed by atoms with van der Waals surface area (Å²) in [6.07, 6.45) is -30.1. The van der Waals surface area contributed by atoms with Crippen LogP contribution in [0.2, 0.25) is 0 Å². The summed E-state index contributed by atoms with van der Waals surface area (Å²) in [7, 11) is 0. The lowest BCUT2D eigenvalue weighted by molar-refractivity contribution is -0.371. The molecule has 3 fully saturated rings. The van der Waals surface area contributed by atoms with Crippen molar-refractivity contribution in [1.29, 1.82) is 0 Å². The number of hydrogen-bond acceptors (Lipinski definition) is 16. The summed E-state index contributed by atoms with van der Waals surface area (Å²) >= 11 is 0. The van der Waals surface area contributed by atoms with E-state index in [9.17, 15) is 60.7 Å². The quantitative estimate of drug-likeness (QED) is 0.145. The van der Waals surface area contributed by atoms with E-state index in [0.29, 0.717) is 0 Å². The molecule has 36 heavy (non-hydrogen) atoms. The normalized spacial score (nSPS) is 50.0. The summed E-state index contributed by atoms with van der Waals surface area (Å²) in [4.78, 5) is 23.1. The number of carboxylic acid groups (broad SMARTS) is 2. The van der Waals surface area contributed by atoms with Gasteiger partial charge in [-0.25, -0.2) is 9.59 Å². The fourth-order valence-corrected chi connectivity index (χ4v) is 4.01. The van der Waals surface area contributed by atoms with Crippen LogP contribution in [0, 0.1) is 0 Å². The van der Waals surface area contributed by atoms with Crippen LogP contribution < -0.4 is 0 Å². The standard InChI is InChI=1S/C18H28O18/c19-1-2-10(5(22)7(24)16(31)32-2)33-18-9(26)6(23)11(13(36-18)15(29)30)34-17-8(25)3(20)4(21)12(35-17)14(27)28/h2-13,16-26,31H,1H2,(H,27,28)(H,29,30)/t2-,3+,4+,5-,6-,7-,8-,9-,10-,11+,12+,13+,16?,17-,18-/m1/s1. The zero-order valence-corrected chi connectivity index (χ0v) is 18.1. The first kappa shape index (κ1) is 28.9. The van der Waals surface area contributed by atoms with Crippen molar-refractivity contribution in [2.45, 2.75) is 92.1 Å². The largest absolute Gasteiger partial charge is 0.479 e. The van der Waals surface area contributed by atoms with Crippen molar-refractivity contribution in [1.82, 2.24) is 0 Å². The fourth-order valence-electron chi connectivity index (χ4n) is 4.01. The van der Waals surface area contributed by atoms with Crippen LogP contribution in [0.1, 0.15) is 0 Å². The van der Waals surface area contributed by atoms with Gasteiger partial charge in [0.15, 0.2) is 31.1 Å². The molecule has 0 aromatic carbocycles. The molecule has 3 heterocycles. The van der Waals surface area contributed by atoms with Gasteiger partial charge in [-0.3, -0.25) is 0 Å². The molecule has 11 N–H and O–H groups in total. The molecule has 18 nitrogen and oxygen atoms in total. The van der Waals surface area contributed by atoms with Crippen LogP contribution in [0.3, 0.4) is 0 Å². The molecule has 18 heteroatoms. The van der Waals surface area contributed by atoms with Gasteiger partial charge in [0, 0.05) is 0 Å². The highest BCUT2D eigenvalue weighted by atomic mass is 16.8. The molecule has 0 amide bonds. The molecule has 0 saturated carbocycles. The lowest BCUT2D eigenvalue weighted by Crippen LogP contribution is -2.67. The SMILES string of the molecule is O=C(O)[C@H]1O[C@@H](O[C@H]2[C@H](O)[C@@H](O)[C@H](O[C@H]3[C@H](O)[C@@H](O)C(O)O[C@@H]3CO)O[C@@H]2C(=O)O)[C@H](O)[C@@H](O)[C@@H]1O. The molecule has 0 aliphatic carbocycles. The minimum atomic E-state index is -2.20. The molecule has 3 saturated heterocycles. The fraction of sp³-hybridized carbons (Fsp3) is 0.889. The number of ether oxygens (including phenoxy) is 5. The number of aliphatic hydroxyl groups excluding tert-OH is 9. The highest BCUT2D eigenvalue weighted by Gasteiger charge is 2.55. The van der Waals surface area contributed by atoms with Crippen molar-refractivity contribution in [3.8, 4) is 0 Å². The Morgan fingerprint density at radius 3 is 1.58 bits per heavy atom. The third-order valence-electron chi connectivity index (χ3n) is 6.02. The lowest BCUT2D eigenvalue weighted by atomic mass is 9.96. The molecule has 1 unspecified atom stereocenters. The van der Waals surface area contributed by atoms with Crippen LogP contribution in [-0.2, 0) is 33.3 Å². The summed E-state index contributed by atoms with van der Waals surface area (Å²) in [5.74, 6) is -3.57. The maximum Gasteiger partial charge on any atom is 0.335 e. The minimum Gasteiger partial charge on any atom is -0.479 e. The summed E-state index contributed by atoms with van der Waals surface area (Å²) in [6, 6.07) is 0. The van der Waals surface area contributed by atoms with Crippen molar-refractivity contribution in [2.75, 3.05) is 6.61 Å². The van der Waals surface area contributed by atoms with Crippen molar-refractivity contribution in [2.24, 2.45) is 0 Å². The Hall–Kier alpha value is -1.62. The second kappa shape index (κ2) is 11.4. The molecule has 3 rings (SSSR count). The molecule has 0 aromatic heterocycles. The number of hydrogen-bond donors (Lipinski definition) is 11. The molecule has 0 spiro atoms. The summed E-state index contributed by atoms with van der Waals surface area (Å²) in [5, 5.41) is 108. The van der Waals surface area contributed by atoms with Gasteiger partial charge in [0.2, 0.25) is 0 Å². The van der Waals surface area contributed by atoms with Crippen LogP contribution in [0.5, 0.6) is 0 Å². The molecule has 0 bridgehead atoms. The van der Waals surface area contributed by atoms with Crippen molar-refractivity contribution in [3.63, 3.8) is 0 Å². The minimum absolute atomic E-state index is 0.860. The van der Waals surface area contributed by atoms with Crippen molar-refractivity contribution in [3.05, 3.63) is 0 Å². The predicted octanol–water partition coefficient (Wildman–Crippen LogP) is -7.39. The predicted molar refractivity (Wildman–Crippen MR) is 102 cm³/mol. The summed E-state index contributed by atoms with van der Waals surface area (Å²) < 4.78 is 25.4. The van der Waals surface area contributed by atoms with Crippen molar-refractivity contribution < 1.29 is 89.4 Å². The zero-order chi connectivity index (χ0) is 27.1. The van der Waals surface area contributed by atoms with Crippen molar-refractivity contribution >= 4 is 11.9 Å². The molecule has 3 aliphatic heterocycles. The monoisotopic (exact) mass is 532 g/mol. The van der Waals surface area contributed by atoms with Gasteiger partial charge in [0.05, 0.1) is 6.61 Å². The van der Waals surface area contributed by atoms with Gasteiger partial charge >= 0.3 is 11.9 Å². The van der Waals surface area contributed by atoms with Gasteiger partial charge in [-0.15, -0.1) is 0 Å². The molecular weight excluding hydrogens is 504 g/mol. The Morgan fingerprint density at radius 2 is 1.06 bits per heavy atom. The Bertz CT molecular complexity index is 779. The third-order valence-corrected chi connectivity index (χ3v) is 6.02. The molecular formula is C18H28O18. The topological polar surface area (TPSA) is 303 Å². The van der Waals surface area contributed by atoms with Gasteiger partial charge in [-0.05, 0) is 0 Å². The van der Waals surface area contributed by atoms with E-state index in [1.807, 2.05) is 0 Å². The molecule has 208 valence electrons. The van der Waals surface area contributed by atoms with E-state index in [0.717, 1.165) is 0 Å². The molecule has 15 atom stereocenters. The first-order valence-electron chi connectivity index (χ1n) is 10.6. The van der Waals surface area contributed by atoms with E-state index < -0.39 is 111 Å². The van der Waals surface area contributed by atoms with Gasteiger partial charge in [0.25, 0.3) is 0 Å².